The molecular formula is C10H6ClFN2. The largest absolute Gasteiger partial charge is 0.360 e. The first-order chi connectivity index (χ1) is 6.74. The Morgan fingerprint density at radius 1 is 1.50 bits per heavy atom. The molecule has 1 N–H and O–H groups in total. The summed E-state index contributed by atoms with van der Waals surface area (Å²) in [6.45, 7) is 0. The monoisotopic (exact) mass is 208 g/mol. The third-order valence-electron chi connectivity index (χ3n) is 2.09. The normalized spacial score (nSPS) is 10.4. The maximum Gasteiger partial charge on any atom is 0.132 e. The van der Waals surface area contributed by atoms with Crippen LogP contribution in [0.5, 0.6) is 0 Å². The quantitative estimate of drug-likeness (QED) is 0.769. The van der Waals surface area contributed by atoms with E-state index in [1.165, 1.54) is 12.1 Å². The maximum atomic E-state index is 13.4. The molecule has 0 radical (unpaired) electrons. The van der Waals surface area contributed by atoms with Crippen molar-refractivity contribution >= 4 is 22.5 Å². The van der Waals surface area contributed by atoms with Crippen molar-refractivity contribution in [3.63, 3.8) is 0 Å². The molecule has 2 rings (SSSR count). The molecule has 1 heterocycles. The van der Waals surface area contributed by atoms with Crippen LogP contribution in [0.15, 0.2) is 18.3 Å². The fourth-order valence-corrected chi connectivity index (χ4v) is 1.67. The topological polar surface area (TPSA) is 39.6 Å². The summed E-state index contributed by atoms with van der Waals surface area (Å²) in [6, 6.07) is 4.78. The molecule has 4 heteroatoms. The minimum atomic E-state index is -0.351. The van der Waals surface area contributed by atoms with Crippen LogP contribution >= 0.6 is 11.6 Å². The van der Waals surface area contributed by atoms with Crippen molar-refractivity contribution < 1.29 is 4.39 Å². The van der Waals surface area contributed by atoms with Gasteiger partial charge in [-0.3, -0.25) is 0 Å². The Labute approximate surface area is 84.9 Å². The molecule has 2 aromatic rings. The molecule has 70 valence electrons. The summed E-state index contributed by atoms with van der Waals surface area (Å²) < 4.78 is 13.4. The van der Waals surface area contributed by atoms with Crippen molar-refractivity contribution in [1.29, 1.82) is 5.26 Å². The highest BCUT2D eigenvalue weighted by molar-refractivity contribution is 6.35. The molecule has 0 unspecified atom stereocenters. The van der Waals surface area contributed by atoms with Crippen LogP contribution in [0.2, 0.25) is 5.02 Å². The standard InChI is InChI=1S/C10H6ClFN2/c11-7-1-2-8(12)9-6(3-4-13)5-14-10(7)9/h1-2,5,14H,3H2. The van der Waals surface area contributed by atoms with E-state index in [-0.39, 0.29) is 12.2 Å². The number of hydrogen-bond donors (Lipinski definition) is 1. The van der Waals surface area contributed by atoms with Gasteiger partial charge in [0.15, 0.2) is 0 Å². The number of nitriles is 1. The van der Waals surface area contributed by atoms with Gasteiger partial charge in [-0.15, -0.1) is 0 Å². The molecular weight excluding hydrogens is 203 g/mol. The van der Waals surface area contributed by atoms with Crippen molar-refractivity contribution in [2.24, 2.45) is 0 Å². The van der Waals surface area contributed by atoms with Crippen molar-refractivity contribution in [1.82, 2.24) is 4.98 Å². The van der Waals surface area contributed by atoms with Crippen LogP contribution in [-0.2, 0) is 6.42 Å². The number of aromatic amines is 1. The summed E-state index contributed by atoms with van der Waals surface area (Å²) in [5.74, 6) is -0.351. The van der Waals surface area contributed by atoms with E-state index in [1.54, 1.807) is 6.20 Å². The fourth-order valence-electron chi connectivity index (χ4n) is 1.46. The Hall–Kier alpha value is -1.53. The lowest BCUT2D eigenvalue weighted by Gasteiger charge is -1.96. The number of benzene rings is 1. The zero-order chi connectivity index (χ0) is 10.1. The highest BCUT2D eigenvalue weighted by Crippen LogP contribution is 2.27. The summed E-state index contributed by atoms with van der Waals surface area (Å²) in [5, 5.41) is 9.42. The van der Waals surface area contributed by atoms with Crippen LogP contribution in [0.25, 0.3) is 10.9 Å². The molecule has 14 heavy (non-hydrogen) atoms. The summed E-state index contributed by atoms with van der Waals surface area (Å²) in [6.07, 6.45) is 1.79. The number of aromatic nitrogens is 1. The Kier molecular flexibility index (Phi) is 2.14. The predicted octanol–water partition coefficient (Wildman–Crippen LogP) is 3.03. The van der Waals surface area contributed by atoms with E-state index >= 15 is 0 Å². The summed E-state index contributed by atoms with van der Waals surface area (Å²) in [7, 11) is 0. The number of hydrogen-bond acceptors (Lipinski definition) is 1. The van der Waals surface area contributed by atoms with Crippen molar-refractivity contribution in [2.75, 3.05) is 0 Å². The predicted molar refractivity (Wildman–Crippen MR) is 52.6 cm³/mol. The molecule has 0 aliphatic rings. The number of nitrogens with zero attached hydrogens (tertiary/aromatic N) is 1. The number of H-pyrrole nitrogens is 1. The van der Waals surface area contributed by atoms with E-state index in [4.69, 9.17) is 16.9 Å². The highest BCUT2D eigenvalue weighted by atomic mass is 35.5. The minimum absolute atomic E-state index is 0.178. The lowest BCUT2D eigenvalue weighted by atomic mass is 10.1. The molecule has 2 nitrogen and oxygen atoms in total. The van der Waals surface area contributed by atoms with Gasteiger partial charge in [-0.05, 0) is 17.7 Å². The number of rotatable bonds is 1. The fraction of sp³-hybridized carbons (Fsp3) is 0.100. The van der Waals surface area contributed by atoms with E-state index in [2.05, 4.69) is 4.98 Å². The van der Waals surface area contributed by atoms with Crippen molar-refractivity contribution in [3.8, 4) is 6.07 Å². The van der Waals surface area contributed by atoms with Gasteiger partial charge in [-0.25, -0.2) is 4.39 Å². The first kappa shape index (κ1) is 9.04. The van der Waals surface area contributed by atoms with E-state index in [0.717, 1.165) is 0 Å². The van der Waals surface area contributed by atoms with Gasteiger partial charge in [-0.1, -0.05) is 11.6 Å². The Bertz CT molecular complexity index is 525. The van der Waals surface area contributed by atoms with Gasteiger partial charge >= 0.3 is 0 Å². The average molecular weight is 209 g/mol. The van der Waals surface area contributed by atoms with Crippen LogP contribution in [0.4, 0.5) is 4.39 Å². The van der Waals surface area contributed by atoms with Gasteiger partial charge < -0.3 is 4.98 Å². The SMILES string of the molecule is N#CCc1c[nH]c2c(Cl)ccc(F)c12. The number of nitrogens with one attached hydrogen (secondary N) is 1. The molecule has 0 saturated carbocycles. The molecule has 0 aliphatic carbocycles. The molecule has 0 bridgehead atoms. The average Bonchev–Trinajstić information content (AvgIpc) is 2.58. The first-order valence-electron chi connectivity index (χ1n) is 4.05. The summed E-state index contributed by atoms with van der Waals surface area (Å²) in [4.78, 5) is 2.86. The summed E-state index contributed by atoms with van der Waals surface area (Å²) >= 11 is 5.86. The summed E-state index contributed by atoms with van der Waals surface area (Å²) in [5.41, 5.74) is 1.19. The Morgan fingerprint density at radius 3 is 3.00 bits per heavy atom. The van der Waals surface area contributed by atoms with Crippen molar-refractivity contribution in [3.05, 3.63) is 34.7 Å². The van der Waals surface area contributed by atoms with E-state index < -0.39 is 0 Å². The van der Waals surface area contributed by atoms with E-state index in [9.17, 15) is 4.39 Å². The second-order valence-corrected chi connectivity index (χ2v) is 3.34. The van der Waals surface area contributed by atoms with Gasteiger partial charge in [0.05, 0.1) is 23.0 Å². The molecule has 0 aliphatic heterocycles. The molecule has 0 atom stereocenters. The van der Waals surface area contributed by atoms with Gasteiger partial charge in [0.2, 0.25) is 0 Å². The highest BCUT2D eigenvalue weighted by Gasteiger charge is 2.10. The molecule has 1 aromatic heterocycles. The van der Waals surface area contributed by atoms with Gasteiger partial charge in [0, 0.05) is 11.6 Å². The maximum absolute atomic E-state index is 13.4. The molecule has 0 fully saturated rings. The van der Waals surface area contributed by atoms with Crippen LogP contribution < -0.4 is 0 Å². The van der Waals surface area contributed by atoms with Gasteiger partial charge in [0.1, 0.15) is 5.82 Å². The lowest BCUT2D eigenvalue weighted by molar-refractivity contribution is 0.639. The third-order valence-corrected chi connectivity index (χ3v) is 2.40. The van der Waals surface area contributed by atoms with E-state index in [1.807, 2.05) is 6.07 Å². The Morgan fingerprint density at radius 2 is 2.29 bits per heavy atom. The molecule has 0 amide bonds. The van der Waals surface area contributed by atoms with Crippen LogP contribution in [0.1, 0.15) is 5.56 Å². The molecule has 0 spiro atoms. The van der Waals surface area contributed by atoms with E-state index in [0.29, 0.717) is 21.5 Å². The van der Waals surface area contributed by atoms with Gasteiger partial charge in [0.25, 0.3) is 0 Å². The van der Waals surface area contributed by atoms with Crippen LogP contribution in [0, 0.1) is 17.1 Å². The molecule has 0 saturated heterocycles. The molecule has 1 aromatic carbocycles. The zero-order valence-electron chi connectivity index (χ0n) is 7.14. The van der Waals surface area contributed by atoms with Crippen LogP contribution in [0.3, 0.4) is 0 Å². The smallest absolute Gasteiger partial charge is 0.132 e. The minimum Gasteiger partial charge on any atom is -0.360 e. The third kappa shape index (κ3) is 1.24. The number of halogens is 2. The second-order valence-electron chi connectivity index (χ2n) is 2.93. The lowest BCUT2D eigenvalue weighted by Crippen LogP contribution is -1.82. The van der Waals surface area contributed by atoms with Crippen molar-refractivity contribution in [2.45, 2.75) is 6.42 Å². The first-order valence-corrected chi connectivity index (χ1v) is 4.42. The van der Waals surface area contributed by atoms with Gasteiger partial charge in [-0.2, -0.15) is 5.26 Å². The zero-order valence-corrected chi connectivity index (χ0v) is 7.90. The Balaban J connectivity index is 2.78. The number of fused-ring (bicyclic) bond motifs is 1. The second kappa shape index (κ2) is 3.32. The van der Waals surface area contributed by atoms with Crippen LogP contribution in [-0.4, -0.2) is 4.98 Å².